The summed E-state index contributed by atoms with van der Waals surface area (Å²) < 4.78 is 5.89. The lowest BCUT2D eigenvalue weighted by atomic mass is 9.80. The molecule has 2 rings (SSSR count). The Bertz CT molecular complexity index is 430. The minimum absolute atomic E-state index is 0.705. The van der Waals surface area contributed by atoms with Crippen LogP contribution in [0.5, 0.6) is 5.75 Å². The van der Waals surface area contributed by atoms with Gasteiger partial charge in [-0.1, -0.05) is 58.3 Å². The second-order valence-electron chi connectivity index (χ2n) is 7.09. The monoisotopic (exact) mass is 316 g/mol. The van der Waals surface area contributed by atoms with Gasteiger partial charge in [-0.15, -0.1) is 0 Å². The van der Waals surface area contributed by atoms with Crippen LogP contribution in [0.1, 0.15) is 81.5 Å². The number of carbonyl (C=O) groups is 1. The third-order valence-electron chi connectivity index (χ3n) is 5.18. The fourth-order valence-electron chi connectivity index (χ4n) is 3.58. The number of unbranched alkanes of at least 4 members (excludes halogenated alkanes) is 4. The Morgan fingerprint density at radius 1 is 0.957 bits per heavy atom. The second kappa shape index (κ2) is 10.5. The Morgan fingerprint density at radius 3 is 2.26 bits per heavy atom. The molecule has 1 aromatic carbocycles. The predicted molar refractivity (Wildman–Crippen MR) is 96.1 cm³/mol. The summed E-state index contributed by atoms with van der Waals surface area (Å²) >= 11 is 0. The molecular formula is C21H32O2. The zero-order valence-electron chi connectivity index (χ0n) is 14.6. The molecule has 0 radical (unpaired) electrons. The van der Waals surface area contributed by atoms with Crippen LogP contribution in [-0.4, -0.2) is 12.9 Å². The number of benzene rings is 1. The average Bonchev–Trinajstić information content (AvgIpc) is 2.61. The molecular weight excluding hydrogens is 284 g/mol. The summed E-state index contributed by atoms with van der Waals surface area (Å²) in [6, 6.07) is 7.42. The third-order valence-corrected chi connectivity index (χ3v) is 5.18. The van der Waals surface area contributed by atoms with E-state index in [9.17, 15) is 4.79 Å². The van der Waals surface area contributed by atoms with Gasteiger partial charge in [0.25, 0.3) is 0 Å². The standard InChI is InChI=1S/C21H32O2/c1-2-3-4-5-6-7-18-8-10-20(11-9-18)17-23-21-14-12-19(16-22)13-15-21/h12-16,18,20H,2-11,17H2,1H3. The van der Waals surface area contributed by atoms with E-state index in [0.717, 1.165) is 24.6 Å². The van der Waals surface area contributed by atoms with E-state index < -0.39 is 0 Å². The van der Waals surface area contributed by atoms with Crippen LogP contribution in [0.15, 0.2) is 24.3 Å². The van der Waals surface area contributed by atoms with Gasteiger partial charge >= 0.3 is 0 Å². The van der Waals surface area contributed by atoms with Crippen molar-refractivity contribution in [2.75, 3.05) is 6.61 Å². The summed E-state index contributed by atoms with van der Waals surface area (Å²) in [5, 5.41) is 0. The van der Waals surface area contributed by atoms with Crippen LogP contribution in [0.3, 0.4) is 0 Å². The van der Waals surface area contributed by atoms with Crippen molar-refractivity contribution in [1.29, 1.82) is 0 Å². The van der Waals surface area contributed by atoms with Gasteiger partial charge in [0.15, 0.2) is 0 Å². The number of hydrogen-bond donors (Lipinski definition) is 0. The summed E-state index contributed by atoms with van der Waals surface area (Å²) in [6.45, 7) is 3.10. The van der Waals surface area contributed by atoms with Gasteiger partial charge in [0.05, 0.1) is 6.61 Å². The highest BCUT2D eigenvalue weighted by molar-refractivity contribution is 5.74. The van der Waals surface area contributed by atoms with Crippen LogP contribution in [0.2, 0.25) is 0 Å². The molecule has 1 saturated carbocycles. The Morgan fingerprint density at radius 2 is 1.61 bits per heavy atom. The van der Waals surface area contributed by atoms with Crippen LogP contribution in [0, 0.1) is 11.8 Å². The first kappa shape index (κ1) is 18.0. The van der Waals surface area contributed by atoms with Gasteiger partial charge in [-0.3, -0.25) is 4.79 Å². The number of rotatable bonds is 10. The molecule has 1 fully saturated rings. The molecule has 0 saturated heterocycles. The molecule has 0 aromatic heterocycles. The molecule has 0 spiro atoms. The van der Waals surface area contributed by atoms with E-state index in [-0.39, 0.29) is 0 Å². The van der Waals surface area contributed by atoms with Crippen molar-refractivity contribution >= 4 is 6.29 Å². The van der Waals surface area contributed by atoms with E-state index in [1.165, 1.54) is 64.2 Å². The summed E-state index contributed by atoms with van der Waals surface area (Å²) in [6.07, 6.45) is 14.7. The van der Waals surface area contributed by atoms with Crippen molar-refractivity contribution in [2.45, 2.75) is 71.1 Å². The topological polar surface area (TPSA) is 26.3 Å². The maximum Gasteiger partial charge on any atom is 0.150 e. The molecule has 2 heteroatoms. The van der Waals surface area contributed by atoms with E-state index >= 15 is 0 Å². The van der Waals surface area contributed by atoms with Crippen LogP contribution in [0.25, 0.3) is 0 Å². The predicted octanol–water partition coefficient (Wildman–Crippen LogP) is 6.04. The molecule has 1 aliphatic carbocycles. The maximum absolute atomic E-state index is 10.6. The molecule has 0 amide bonds. The fraction of sp³-hybridized carbons (Fsp3) is 0.667. The summed E-state index contributed by atoms with van der Waals surface area (Å²) in [5.41, 5.74) is 0.705. The van der Waals surface area contributed by atoms with E-state index in [1.54, 1.807) is 0 Å². The van der Waals surface area contributed by atoms with Crippen molar-refractivity contribution in [2.24, 2.45) is 11.8 Å². The number of hydrogen-bond acceptors (Lipinski definition) is 2. The lowest BCUT2D eigenvalue weighted by Crippen LogP contribution is -2.20. The maximum atomic E-state index is 10.6. The minimum Gasteiger partial charge on any atom is -0.493 e. The summed E-state index contributed by atoms with van der Waals surface area (Å²) in [5.74, 6) is 2.55. The first-order chi connectivity index (χ1) is 11.3. The van der Waals surface area contributed by atoms with Gasteiger partial charge in [-0.05, 0) is 48.9 Å². The second-order valence-corrected chi connectivity index (χ2v) is 7.09. The smallest absolute Gasteiger partial charge is 0.150 e. The Kier molecular flexibility index (Phi) is 8.20. The molecule has 0 unspecified atom stereocenters. The largest absolute Gasteiger partial charge is 0.493 e. The third kappa shape index (κ3) is 6.76. The highest BCUT2D eigenvalue weighted by Crippen LogP contribution is 2.32. The molecule has 128 valence electrons. The van der Waals surface area contributed by atoms with E-state index in [0.29, 0.717) is 11.5 Å². The van der Waals surface area contributed by atoms with Crippen molar-refractivity contribution in [3.63, 3.8) is 0 Å². The molecule has 1 aromatic rings. The Labute approximate surface area is 141 Å². The lowest BCUT2D eigenvalue weighted by molar-refractivity contribution is 0.112. The van der Waals surface area contributed by atoms with Gasteiger partial charge in [0.1, 0.15) is 12.0 Å². The van der Waals surface area contributed by atoms with Gasteiger partial charge < -0.3 is 4.74 Å². The zero-order valence-corrected chi connectivity index (χ0v) is 14.6. The van der Waals surface area contributed by atoms with E-state index in [2.05, 4.69) is 6.92 Å². The lowest BCUT2D eigenvalue weighted by Gasteiger charge is -2.28. The normalized spacial score (nSPS) is 21.1. The van der Waals surface area contributed by atoms with Crippen molar-refractivity contribution in [3.05, 3.63) is 29.8 Å². The number of carbonyl (C=O) groups excluding carboxylic acids is 1. The van der Waals surface area contributed by atoms with Crippen LogP contribution in [0.4, 0.5) is 0 Å². The Balaban J connectivity index is 1.58. The molecule has 1 aliphatic rings. The van der Waals surface area contributed by atoms with Gasteiger partial charge in [-0.25, -0.2) is 0 Å². The molecule has 0 atom stereocenters. The SMILES string of the molecule is CCCCCCCC1CCC(COc2ccc(C=O)cc2)CC1. The average molecular weight is 316 g/mol. The van der Waals surface area contributed by atoms with Crippen LogP contribution < -0.4 is 4.74 Å². The van der Waals surface area contributed by atoms with Gasteiger partial charge in [0.2, 0.25) is 0 Å². The van der Waals surface area contributed by atoms with Gasteiger partial charge in [-0.2, -0.15) is 0 Å². The number of ether oxygens (including phenoxy) is 1. The van der Waals surface area contributed by atoms with E-state index in [1.807, 2.05) is 24.3 Å². The Hall–Kier alpha value is -1.31. The fourth-order valence-corrected chi connectivity index (χ4v) is 3.58. The molecule has 0 aliphatic heterocycles. The quantitative estimate of drug-likeness (QED) is 0.388. The molecule has 0 bridgehead atoms. The van der Waals surface area contributed by atoms with Crippen LogP contribution in [-0.2, 0) is 0 Å². The summed E-state index contributed by atoms with van der Waals surface area (Å²) in [7, 11) is 0. The highest BCUT2D eigenvalue weighted by Gasteiger charge is 2.21. The molecule has 0 N–H and O–H groups in total. The molecule has 2 nitrogen and oxygen atoms in total. The van der Waals surface area contributed by atoms with Crippen molar-refractivity contribution in [1.82, 2.24) is 0 Å². The molecule has 0 heterocycles. The number of aldehydes is 1. The molecule has 23 heavy (non-hydrogen) atoms. The minimum atomic E-state index is 0.705. The zero-order chi connectivity index (χ0) is 16.3. The van der Waals surface area contributed by atoms with E-state index in [4.69, 9.17) is 4.74 Å². The first-order valence-corrected chi connectivity index (χ1v) is 9.50. The van der Waals surface area contributed by atoms with Crippen molar-refractivity contribution < 1.29 is 9.53 Å². The van der Waals surface area contributed by atoms with Crippen LogP contribution >= 0.6 is 0 Å². The highest BCUT2D eigenvalue weighted by atomic mass is 16.5. The summed E-state index contributed by atoms with van der Waals surface area (Å²) in [4.78, 5) is 10.6. The van der Waals surface area contributed by atoms with Crippen molar-refractivity contribution in [3.8, 4) is 5.75 Å². The van der Waals surface area contributed by atoms with Gasteiger partial charge in [0, 0.05) is 5.56 Å². The first-order valence-electron chi connectivity index (χ1n) is 9.50.